The van der Waals surface area contributed by atoms with Crippen LogP contribution in [0.1, 0.15) is 5.56 Å². The molecule has 0 radical (unpaired) electrons. The van der Waals surface area contributed by atoms with Crippen molar-refractivity contribution < 1.29 is 5.21 Å². The second-order valence-corrected chi connectivity index (χ2v) is 3.32. The number of oxime groups is 1. The largest absolute Gasteiger partial charge is 0.409 e. The summed E-state index contributed by atoms with van der Waals surface area (Å²) in [6.07, 6.45) is 0. The van der Waals surface area contributed by atoms with Crippen LogP contribution in [0.25, 0.3) is 0 Å². The van der Waals surface area contributed by atoms with Crippen LogP contribution >= 0.6 is 11.6 Å². The summed E-state index contributed by atoms with van der Waals surface area (Å²) in [6.45, 7) is 2.21. The Labute approximate surface area is 87.4 Å². The van der Waals surface area contributed by atoms with Gasteiger partial charge in [-0.15, -0.1) is 0 Å². The minimum absolute atomic E-state index is 0.127. The highest BCUT2D eigenvalue weighted by atomic mass is 35.5. The van der Waals surface area contributed by atoms with Crippen molar-refractivity contribution in [1.82, 2.24) is 0 Å². The molecule has 1 aromatic rings. The molecular weight excluding hydrogens is 202 g/mol. The molecule has 0 aliphatic heterocycles. The zero-order valence-corrected chi connectivity index (χ0v) is 8.54. The van der Waals surface area contributed by atoms with Gasteiger partial charge in [0.2, 0.25) is 0 Å². The molecule has 4 N–H and O–H groups in total. The molecule has 76 valence electrons. The second kappa shape index (κ2) is 4.72. The Morgan fingerprint density at radius 3 is 2.93 bits per heavy atom. The number of anilines is 1. The van der Waals surface area contributed by atoms with Crippen LogP contribution < -0.4 is 11.1 Å². The summed E-state index contributed by atoms with van der Waals surface area (Å²) in [5, 5.41) is 14.8. The van der Waals surface area contributed by atoms with Crippen LogP contribution in [0, 0.1) is 6.92 Å². The van der Waals surface area contributed by atoms with Gasteiger partial charge in [0, 0.05) is 10.7 Å². The first-order chi connectivity index (χ1) is 6.63. The van der Waals surface area contributed by atoms with Gasteiger partial charge in [-0.05, 0) is 24.6 Å². The molecule has 0 spiro atoms. The maximum Gasteiger partial charge on any atom is 0.158 e. The predicted octanol–water partition coefficient (Wildman–Crippen LogP) is 1.81. The monoisotopic (exact) mass is 213 g/mol. The maximum atomic E-state index is 8.31. The van der Waals surface area contributed by atoms with E-state index < -0.39 is 0 Å². The molecule has 0 aliphatic rings. The number of hydrogen-bond donors (Lipinski definition) is 3. The fourth-order valence-corrected chi connectivity index (χ4v) is 1.11. The summed E-state index contributed by atoms with van der Waals surface area (Å²) in [6, 6.07) is 5.57. The van der Waals surface area contributed by atoms with Crippen molar-refractivity contribution in [2.45, 2.75) is 6.92 Å². The van der Waals surface area contributed by atoms with Gasteiger partial charge in [0.15, 0.2) is 5.84 Å². The number of nitrogens with two attached hydrogens (primary N) is 1. The molecule has 0 aromatic heterocycles. The molecule has 5 heteroatoms. The van der Waals surface area contributed by atoms with E-state index in [2.05, 4.69) is 10.5 Å². The standard InChI is InChI=1S/C9H12ClN3O/c1-6-2-3-7(4-8(6)10)12-5-9(11)13-14/h2-4,12,14H,5H2,1H3,(H2,11,13). The van der Waals surface area contributed by atoms with Crippen molar-refractivity contribution in [3.05, 3.63) is 28.8 Å². The normalized spacial score (nSPS) is 11.4. The molecule has 14 heavy (non-hydrogen) atoms. The summed E-state index contributed by atoms with van der Waals surface area (Å²) >= 11 is 5.91. The van der Waals surface area contributed by atoms with E-state index in [1.165, 1.54) is 0 Å². The fraction of sp³-hybridized carbons (Fsp3) is 0.222. The average Bonchev–Trinajstić information content (AvgIpc) is 2.19. The first kappa shape index (κ1) is 10.7. The lowest BCUT2D eigenvalue weighted by atomic mass is 10.2. The van der Waals surface area contributed by atoms with Gasteiger partial charge >= 0.3 is 0 Å². The number of hydrogen-bond acceptors (Lipinski definition) is 3. The van der Waals surface area contributed by atoms with Gasteiger partial charge in [0.05, 0.1) is 6.54 Å². The number of nitrogens with zero attached hydrogens (tertiary/aromatic N) is 1. The van der Waals surface area contributed by atoms with Gasteiger partial charge in [-0.2, -0.15) is 0 Å². The first-order valence-electron chi connectivity index (χ1n) is 4.10. The van der Waals surface area contributed by atoms with Crippen molar-refractivity contribution in [2.75, 3.05) is 11.9 Å². The molecular formula is C9H12ClN3O. The molecule has 4 nitrogen and oxygen atoms in total. The average molecular weight is 214 g/mol. The van der Waals surface area contributed by atoms with Gasteiger partial charge in [0.25, 0.3) is 0 Å². The lowest BCUT2D eigenvalue weighted by molar-refractivity contribution is 0.317. The van der Waals surface area contributed by atoms with E-state index in [1.807, 2.05) is 19.1 Å². The van der Waals surface area contributed by atoms with E-state index in [0.29, 0.717) is 5.02 Å². The molecule has 0 bridgehead atoms. The number of aryl methyl sites for hydroxylation is 1. The van der Waals surface area contributed by atoms with Crippen LogP contribution in [0.4, 0.5) is 5.69 Å². The van der Waals surface area contributed by atoms with E-state index in [0.717, 1.165) is 11.3 Å². The Kier molecular flexibility index (Phi) is 3.59. The lowest BCUT2D eigenvalue weighted by Crippen LogP contribution is -2.22. The Morgan fingerprint density at radius 2 is 2.36 bits per heavy atom. The Bertz CT molecular complexity index is 352. The molecule has 0 amide bonds. The Morgan fingerprint density at radius 1 is 1.64 bits per heavy atom. The third-order valence-corrected chi connectivity index (χ3v) is 2.18. The summed E-state index contributed by atoms with van der Waals surface area (Å²) in [4.78, 5) is 0. The molecule has 0 fully saturated rings. The van der Waals surface area contributed by atoms with E-state index in [4.69, 9.17) is 22.5 Å². The molecule has 0 unspecified atom stereocenters. The van der Waals surface area contributed by atoms with Crippen molar-refractivity contribution in [3.63, 3.8) is 0 Å². The van der Waals surface area contributed by atoms with Crippen LogP contribution in [0.15, 0.2) is 23.4 Å². The van der Waals surface area contributed by atoms with Crippen LogP contribution in [0.3, 0.4) is 0 Å². The quantitative estimate of drug-likeness (QED) is 0.310. The van der Waals surface area contributed by atoms with Gasteiger partial charge in [-0.25, -0.2) is 0 Å². The SMILES string of the molecule is Cc1ccc(NC/C(N)=N/O)cc1Cl. The van der Waals surface area contributed by atoms with Gasteiger partial charge < -0.3 is 16.3 Å². The fourth-order valence-electron chi connectivity index (χ4n) is 0.931. The molecule has 0 saturated carbocycles. The van der Waals surface area contributed by atoms with Crippen molar-refractivity contribution in [2.24, 2.45) is 10.9 Å². The number of nitrogens with one attached hydrogen (secondary N) is 1. The third-order valence-electron chi connectivity index (χ3n) is 1.77. The predicted molar refractivity (Wildman–Crippen MR) is 58.1 cm³/mol. The second-order valence-electron chi connectivity index (χ2n) is 2.91. The van der Waals surface area contributed by atoms with E-state index >= 15 is 0 Å². The summed E-state index contributed by atoms with van der Waals surface area (Å²) in [5.41, 5.74) is 7.15. The van der Waals surface area contributed by atoms with Crippen LogP contribution in [-0.2, 0) is 0 Å². The highest BCUT2D eigenvalue weighted by Crippen LogP contribution is 2.19. The molecule has 1 rings (SSSR count). The minimum atomic E-state index is 0.127. The minimum Gasteiger partial charge on any atom is -0.409 e. The highest BCUT2D eigenvalue weighted by Gasteiger charge is 1.98. The Balaban J connectivity index is 2.64. The summed E-state index contributed by atoms with van der Waals surface area (Å²) < 4.78 is 0. The summed E-state index contributed by atoms with van der Waals surface area (Å²) in [7, 11) is 0. The zero-order valence-electron chi connectivity index (χ0n) is 7.79. The van der Waals surface area contributed by atoms with E-state index in [-0.39, 0.29) is 12.4 Å². The van der Waals surface area contributed by atoms with E-state index in [1.54, 1.807) is 6.07 Å². The molecule has 0 aliphatic carbocycles. The number of amidine groups is 1. The van der Waals surface area contributed by atoms with Crippen molar-refractivity contribution >= 4 is 23.1 Å². The number of benzene rings is 1. The van der Waals surface area contributed by atoms with E-state index in [9.17, 15) is 0 Å². The third kappa shape index (κ3) is 2.81. The molecule has 1 aromatic carbocycles. The van der Waals surface area contributed by atoms with Gasteiger partial charge in [-0.3, -0.25) is 0 Å². The van der Waals surface area contributed by atoms with Crippen molar-refractivity contribution in [1.29, 1.82) is 0 Å². The highest BCUT2D eigenvalue weighted by molar-refractivity contribution is 6.31. The van der Waals surface area contributed by atoms with Crippen LogP contribution in [0.5, 0.6) is 0 Å². The molecule has 0 saturated heterocycles. The van der Waals surface area contributed by atoms with Crippen molar-refractivity contribution in [3.8, 4) is 0 Å². The van der Waals surface area contributed by atoms with Crippen LogP contribution in [0.2, 0.25) is 5.02 Å². The first-order valence-corrected chi connectivity index (χ1v) is 4.47. The maximum absolute atomic E-state index is 8.31. The summed E-state index contributed by atoms with van der Waals surface area (Å²) in [5.74, 6) is 0.127. The van der Waals surface area contributed by atoms with Gasteiger partial charge in [-0.1, -0.05) is 22.8 Å². The van der Waals surface area contributed by atoms with Crippen LogP contribution in [-0.4, -0.2) is 17.6 Å². The number of rotatable bonds is 3. The number of halogens is 1. The lowest BCUT2D eigenvalue weighted by Gasteiger charge is -2.06. The zero-order chi connectivity index (χ0) is 10.6. The topological polar surface area (TPSA) is 70.6 Å². The molecule has 0 atom stereocenters. The Hall–Kier alpha value is -1.42. The van der Waals surface area contributed by atoms with Gasteiger partial charge in [0.1, 0.15) is 0 Å². The smallest absolute Gasteiger partial charge is 0.158 e. The molecule has 0 heterocycles.